The van der Waals surface area contributed by atoms with Gasteiger partial charge in [-0.25, -0.2) is 13.8 Å². The molecular weight excluding hydrogens is 410 g/mol. The van der Waals surface area contributed by atoms with Crippen LogP contribution in [0, 0.1) is 11.6 Å². The third-order valence-corrected chi connectivity index (χ3v) is 4.95. The zero-order chi connectivity index (χ0) is 19.7. The van der Waals surface area contributed by atoms with Gasteiger partial charge in [0.2, 0.25) is 5.82 Å². The van der Waals surface area contributed by atoms with Crippen LogP contribution in [0.25, 0.3) is 11.4 Å². The molecule has 4 rings (SSSR count). The summed E-state index contributed by atoms with van der Waals surface area (Å²) in [6.45, 7) is 0. The van der Waals surface area contributed by atoms with E-state index in [0.717, 1.165) is 11.3 Å². The minimum atomic E-state index is -0.607. The molecule has 6 nitrogen and oxygen atoms in total. The lowest BCUT2D eigenvalue weighted by atomic mass is 10.2. The molecule has 0 radical (unpaired) electrons. The van der Waals surface area contributed by atoms with Crippen molar-refractivity contribution in [1.29, 1.82) is 0 Å². The van der Waals surface area contributed by atoms with E-state index in [1.165, 1.54) is 42.5 Å². The van der Waals surface area contributed by atoms with E-state index in [9.17, 15) is 13.6 Å². The van der Waals surface area contributed by atoms with E-state index in [-0.39, 0.29) is 27.6 Å². The van der Waals surface area contributed by atoms with Gasteiger partial charge in [0, 0.05) is 11.3 Å². The molecule has 0 amide bonds. The molecular formula is C18H9ClF2N4O2S. The number of carbonyl (C=O) groups excluding carboxylic acids is 1. The van der Waals surface area contributed by atoms with E-state index in [1.807, 2.05) is 0 Å². The molecule has 0 fully saturated rings. The fourth-order valence-corrected chi connectivity index (χ4v) is 3.45. The Hall–Kier alpha value is -3.17. The Balaban J connectivity index is 1.57. The van der Waals surface area contributed by atoms with Gasteiger partial charge in [-0.3, -0.25) is 4.79 Å². The van der Waals surface area contributed by atoms with E-state index < -0.39 is 11.6 Å². The molecule has 0 atom stereocenters. The van der Waals surface area contributed by atoms with Gasteiger partial charge in [0.05, 0.1) is 0 Å². The van der Waals surface area contributed by atoms with Crippen molar-refractivity contribution in [3.05, 3.63) is 76.1 Å². The number of aromatic nitrogens is 3. The molecule has 2 aromatic carbocycles. The third-order valence-electron chi connectivity index (χ3n) is 3.59. The predicted octanol–water partition coefficient (Wildman–Crippen LogP) is 5.10. The van der Waals surface area contributed by atoms with Crippen LogP contribution in [-0.4, -0.2) is 20.9 Å². The fourth-order valence-electron chi connectivity index (χ4n) is 2.31. The standard InChI is InChI=1S/C18H9ClF2N4O2S/c19-15-14(28-18(23-15)22-12-6-4-10(20)5-7-12)13(26)17-24-16(25-27-17)9-2-1-3-11(21)8-9/h1-8H,(H,22,23). The number of halogens is 3. The van der Waals surface area contributed by atoms with E-state index in [2.05, 4.69) is 20.4 Å². The summed E-state index contributed by atoms with van der Waals surface area (Å²) < 4.78 is 31.3. The zero-order valence-electron chi connectivity index (χ0n) is 13.8. The quantitative estimate of drug-likeness (QED) is 0.454. The van der Waals surface area contributed by atoms with Crippen LogP contribution in [0.15, 0.2) is 53.1 Å². The number of hydrogen-bond donors (Lipinski definition) is 1. The summed E-state index contributed by atoms with van der Waals surface area (Å²) in [5.41, 5.74) is 0.953. The van der Waals surface area contributed by atoms with Crippen molar-refractivity contribution in [2.24, 2.45) is 0 Å². The predicted molar refractivity (Wildman–Crippen MR) is 99.9 cm³/mol. The largest absolute Gasteiger partial charge is 0.331 e. The van der Waals surface area contributed by atoms with Crippen molar-refractivity contribution in [2.75, 3.05) is 5.32 Å². The van der Waals surface area contributed by atoms with Crippen LogP contribution in [0.1, 0.15) is 15.6 Å². The molecule has 10 heteroatoms. The van der Waals surface area contributed by atoms with Crippen molar-refractivity contribution >= 4 is 39.5 Å². The number of hydrogen-bond acceptors (Lipinski definition) is 7. The number of rotatable bonds is 5. The molecule has 0 aliphatic rings. The Morgan fingerprint density at radius 2 is 1.86 bits per heavy atom. The van der Waals surface area contributed by atoms with Crippen molar-refractivity contribution in [1.82, 2.24) is 15.1 Å². The highest BCUT2D eigenvalue weighted by atomic mass is 35.5. The first-order chi connectivity index (χ1) is 13.5. The molecule has 0 bridgehead atoms. The van der Waals surface area contributed by atoms with Crippen LogP contribution in [-0.2, 0) is 0 Å². The summed E-state index contributed by atoms with van der Waals surface area (Å²) >= 11 is 7.05. The number of benzene rings is 2. The minimum absolute atomic E-state index is 0.0369. The average Bonchev–Trinajstić information content (AvgIpc) is 3.30. The van der Waals surface area contributed by atoms with Crippen molar-refractivity contribution < 1.29 is 18.1 Å². The summed E-state index contributed by atoms with van der Waals surface area (Å²) in [5.74, 6) is -1.66. The maximum atomic E-state index is 13.3. The smallest absolute Gasteiger partial charge is 0.300 e. The van der Waals surface area contributed by atoms with Crippen molar-refractivity contribution in [3.8, 4) is 11.4 Å². The lowest BCUT2D eigenvalue weighted by Crippen LogP contribution is -1.99. The monoisotopic (exact) mass is 418 g/mol. The molecule has 0 saturated heterocycles. The topological polar surface area (TPSA) is 80.9 Å². The Morgan fingerprint density at radius 3 is 2.61 bits per heavy atom. The Morgan fingerprint density at radius 1 is 1.07 bits per heavy atom. The van der Waals surface area contributed by atoms with E-state index in [4.69, 9.17) is 16.1 Å². The Bertz CT molecular complexity index is 1160. The van der Waals surface area contributed by atoms with Crippen molar-refractivity contribution in [3.63, 3.8) is 0 Å². The highest BCUT2D eigenvalue weighted by molar-refractivity contribution is 7.18. The first-order valence-corrected chi connectivity index (χ1v) is 9.02. The average molecular weight is 419 g/mol. The van der Waals surface area contributed by atoms with Gasteiger partial charge in [-0.15, -0.1) is 0 Å². The maximum Gasteiger partial charge on any atom is 0.300 e. The molecule has 0 spiro atoms. The molecule has 0 saturated carbocycles. The summed E-state index contributed by atoms with van der Waals surface area (Å²) in [5, 5.41) is 6.94. The number of nitrogens with one attached hydrogen (secondary N) is 1. The van der Waals surface area contributed by atoms with Crippen molar-refractivity contribution in [2.45, 2.75) is 0 Å². The molecule has 1 N–H and O–H groups in total. The second kappa shape index (κ2) is 7.45. The van der Waals surface area contributed by atoms with Gasteiger partial charge in [-0.2, -0.15) is 4.98 Å². The Labute approximate surface area is 165 Å². The van der Waals surface area contributed by atoms with Crippen LogP contribution in [0.4, 0.5) is 19.6 Å². The van der Waals surface area contributed by atoms with Crippen LogP contribution >= 0.6 is 22.9 Å². The molecule has 2 aromatic heterocycles. The van der Waals surface area contributed by atoms with Crippen LogP contribution in [0.5, 0.6) is 0 Å². The normalized spacial score (nSPS) is 10.8. The Kier molecular flexibility index (Phi) is 4.84. The summed E-state index contributed by atoms with van der Waals surface area (Å²) in [6.07, 6.45) is 0. The van der Waals surface area contributed by atoms with E-state index >= 15 is 0 Å². The summed E-state index contributed by atoms with van der Waals surface area (Å²) in [6, 6.07) is 11.2. The maximum absolute atomic E-state index is 13.3. The molecule has 140 valence electrons. The molecule has 28 heavy (non-hydrogen) atoms. The van der Waals surface area contributed by atoms with Gasteiger partial charge >= 0.3 is 0 Å². The molecule has 4 aromatic rings. The summed E-state index contributed by atoms with van der Waals surface area (Å²) in [4.78, 5) is 20.8. The van der Waals surface area contributed by atoms with Gasteiger partial charge in [-0.1, -0.05) is 40.2 Å². The van der Waals surface area contributed by atoms with Crippen LogP contribution < -0.4 is 5.32 Å². The number of thiazole rings is 1. The van der Waals surface area contributed by atoms with Gasteiger partial charge in [0.1, 0.15) is 16.5 Å². The highest BCUT2D eigenvalue weighted by Gasteiger charge is 2.24. The van der Waals surface area contributed by atoms with Crippen LogP contribution in [0.2, 0.25) is 5.15 Å². The van der Waals surface area contributed by atoms with Gasteiger partial charge in [0.15, 0.2) is 10.3 Å². The molecule has 0 aliphatic carbocycles. The molecule has 0 aliphatic heterocycles. The van der Waals surface area contributed by atoms with Gasteiger partial charge in [0.25, 0.3) is 11.7 Å². The number of carbonyl (C=O) groups is 1. The van der Waals surface area contributed by atoms with Gasteiger partial charge < -0.3 is 9.84 Å². The number of anilines is 2. The second-order valence-electron chi connectivity index (χ2n) is 5.53. The summed E-state index contributed by atoms with van der Waals surface area (Å²) in [7, 11) is 0. The van der Waals surface area contributed by atoms with Crippen LogP contribution in [0.3, 0.4) is 0 Å². The second-order valence-corrected chi connectivity index (χ2v) is 6.89. The first kappa shape index (κ1) is 18.2. The third kappa shape index (κ3) is 3.75. The minimum Gasteiger partial charge on any atom is -0.331 e. The number of nitrogens with zero attached hydrogens (tertiary/aromatic N) is 3. The fraction of sp³-hybridized carbons (Fsp3) is 0. The zero-order valence-corrected chi connectivity index (χ0v) is 15.4. The first-order valence-electron chi connectivity index (χ1n) is 7.83. The van der Waals surface area contributed by atoms with E-state index in [0.29, 0.717) is 16.4 Å². The number of ketones is 1. The SMILES string of the molecule is O=C(c1nc(-c2cccc(F)c2)no1)c1sc(Nc2ccc(F)cc2)nc1Cl. The molecule has 0 unspecified atom stereocenters. The van der Waals surface area contributed by atoms with E-state index in [1.54, 1.807) is 6.07 Å². The lowest BCUT2D eigenvalue weighted by molar-refractivity contribution is 0.0997. The molecule has 2 heterocycles. The lowest BCUT2D eigenvalue weighted by Gasteiger charge is -2.00. The highest BCUT2D eigenvalue weighted by Crippen LogP contribution is 2.31. The van der Waals surface area contributed by atoms with Gasteiger partial charge in [-0.05, 0) is 36.4 Å².